The number of nitrogens with one attached hydrogen (secondary N) is 1. The Hall–Kier alpha value is -0.340. The van der Waals surface area contributed by atoms with Crippen molar-refractivity contribution in [3.63, 3.8) is 0 Å². The number of hydrogen-bond donors (Lipinski definition) is 1. The summed E-state index contributed by atoms with van der Waals surface area (Å²) >= 11 is 1.91. The van der Waals surface area contributed by atoms with E-state index < -0.39 is 0 Å². The zero-order valence-corrected chi connectivity index (χ0v) is 10.9. The molecule has 0 spiro atoms. The topological polar surface area (TPSA) is 12.0 Å². The van der Waals surface area contributed by atoms with E-state index in [4.69, 9.17) is 0 Å². The standard InChI is InChI=1S/C14H21NS/c1-10-7-9-16-13(10)6-8-15-14(11-2-3-11)12-4-5-12/h7,9,11-12,14-15H,2-6,8H2,1H3. The molecule has 3 rings (SSSR count). The lowest BCUT2D eigenvalue weighted by Crippen LogP contribution is -2.34. The summed E-state index contributed by atoms with van der Waals surface area (Å²) in [6.07, 6.45) is 7.14. The Morgan fingerprint density at radius 1 is 1.31 bits per heavy atom. The first kappa shape index (κ1) is 10.8. The van der Waals surface area contributed by atoms with Gasteiger partial charge in [-0.05, 0) is 67.9 Å². The van der Waals surface area contributed by atoms with Crippen LogP contribution in [0, 0.1) is 18.8 Å². The van der Waals surface area contributed by atoms with Gasteiger partial charge in [0, 0.05) is 17.5 Å². The molecule has 2 fully saturated rings. The van der Waals surface area contributed by atoms with Crippen LogP contribution in [0.2, 0.25) is 0 Å². The molecule has 0 aliphatic heterocycles. The van der Waals surface area contributed by atoms with E-state index in [1.165, 1.54) is 44.2 Å². The van der Waals surface area contributed by atoms with Crippen LogP contribution in [0.15, 0.2) is 11.4 Å². The van der Waals surface area contributed by atoms with Gasteiger partial charge in [0.2, 0.25) is 0 Å². The van der Waals surface area contributed by atoms with Gasteiger partial charge in [-0.25, -0.2) is 0 Å². The molecule has 2 saturated carbocycles. The first-order valence-corrected chi connectivity index (χ1v) is 7.49. The van der Waals surface area contributed by atoms with Crippen LogP contribution >= 0.6 is 11.3 Å². The highest BCUT2D eigenvalue weighted by atomic mass is 32.1. The summed E-state index contributed by atoms with van der Waals surface area (Å²) in [6, 6.07) is 3.10. The lowest BCUT2D eigenvalue weighted by molar-refractivity contribution is 0.420. The molecule has 1 heterocycles. The van der Waals surface area contributed by atoms with Gasteiger partial charge in [0.1, 0.15) is 0 Å². The Morgan fingerprint density at radius 3 is 2.50 bits per heavy atom. The summed E-state index contributed by atoms with van der Waals surface area (Å²) in [7, 11) is 0. The van der Waals surface area contributed by atoms with Crippen LogP contribution in [-0.4, -0.2) is 12.6 Å². The van der Waals surface area contributed by atoms with Crippen molar-refractivity contribution in [1.29, 1.82) is 0 Å². The SMILES string of the molecule is Cc1ccsc1CCNC(C1CC1)C1CC1. The predicted octanol–water partition coefficient (Wildman–Crippen LogP) is 3.38. The molecule has 1 nitrogen and oxygen atoms in total. The third-order valence-electron chi connectivity index (χ3n) is 3.96. The van der Waals surface area contributed by atoms with E-state index >= 15 is 0 Å². The van der Waals surface area contributed by atoms with Crippen molar-refractivity contribution in [3.8, 4) is 0 Å². The van der Waals surface area contributed by atoms with Crippen LogP contribution in [0.25, 0.3) is 0 Å². The second-order valence-electron chi connectivity index (χ2n) is 5.43. The Kier molecular flexibility index (Phi) is 3.03. The summed E-state index contributed by atoms with van der Waals surface area (Å²) in [5, 5.41) is 6.03. The molecule has 16 heavy (non-hydrogen) atoms. The molecule has 1 aromatic rings. The number of rotatable bonds is 6. The van der Waals surface area contributed by atoms with Gasteiger partial charge in [-0.2, -0.15) is 0 Å². The Balaban J connectivity index is 1.46. The highest BCUT2D eigenvalue weighted by Gasteiger charge is 2.40. The first-order chi connectivity index (χ1) is 7.84. The van der Waals surface area contributed by atoms with E-state index in [9.17, 15) is 0 Å². The third kappa shape index (κ3) is 2.49. The fourth-order valence-electron chi connectivity index (χ4n) is 2.64. The summed E-state index contributed by atoms with van der Waals surface area (Å²) in [4.78, 5) is 1.57. The average molecular weight is 235 g/mol. The van der Waals surface area contributed by atoms with E-state index in [1.807, 2.05) is 11.3 Å². The van der Waals surface area contributed by atoms with Crippen LogP contribution < -0.4 is 5.32 Å². The van der Waals surface area contributed by atoms with Crippen molar-refractivity contribution in [1.82, 2.24) is 5.32 Å². The van der Waals surface area contributed by atoms with Crippen LogP contribution in [0.1, 0.15) is 36.1 Å². The summed E-state index contributed by atoms with van der Waals surface area (Å²) in [5.74, 6) is 2.05. The zero-order valence-electron chi connectivity index (χ0n) is 10.0. The second-order valence-corrected chi connectivity index (χ2v) is 6.43. The molecule has 1 N–H and O–H groups in total. The molecular weight excluding hydrogens is 214 g/mol. The Bertz CT molecular complexity index is 337. The molecule has 0 bridgehead atoms. The monoisotopic (exact) mass is 235 g/mol. The van der Waals surface area contributed by atoms with Gasteiger partial charge < -0.3 is 5.32 Å². The van der Waals surface area contributed by atoms with Gasteiger partial charge >= 0.3 is 0 Å². The van der Waals surface area contributed by atoms with Crippen molar-refractivity contribution < 1.29 is 0 Å². The van der Waals surface area contributed by atoms with Gasteiger partial charge in [-0.3, -0.25) is 0 Å². The number of aryl methyl sites for hydroxylation is 1. The van der Waals surface area contributed by atoms with Crippen molar-refractivity contribution in [2.45, 2.75) is 45.1 Å². The van der Waals surface area contributed by atoms with Crippen LogP contribution in [0.3, 0.4) is 0 Å². The molecule has 0 amide bonds. The minimum absolute atomic E-state index is 0.861. The molecule has 0 unspecified atom stereocenters. The largest absolute Gasteiger partial charge is 0.313 e. The molecule has 88 valence electrons. The van der Waals surface area contributed by atoms with Crippen molar-refractivity contribution >= 4 is 11.3 Å². The molecule has 0 radical (unpaired) electrons. The molecule has 2 heteroatoms. The Morgan fingerprint density at radius 2 is 2.00 bits per heavy atom. The maximum absolute atomic E-state index is 3.82. The van der Waals surface area contributed by atoms with Crippen molar-refractivity contribution in [3.05, 3.63) is 21.9 Å². The molecule has 2 aliphatic carbocycles. The molecule has 1 aromatic heterocycles. The third-order valence-corrected chi connectivity index (χ3v) is 5.04. The minimum Gasteiger partial charge on any atom is -0.313 e. The zero-order chi connectivity index (χ0) is 11.0. The van der Waals surface area contributed by atoms with Crippen molar-refractivity contribution in [2.75, 3.05) is 6.54 Å². The fourth-order valence-corrected chi connectivity index (χ4v) is 3.55. The first-order valence-electron chi connectivity index (χ1n) is 6.61. The number of hydrogen-bond acceptors (Lipinski definition) is 2. The molecule has 0 saturated heterocycles. The molecule has 2 aliphatic rings. The maximum atomic E-state index is 3.82. The lowest BCUT2D eigenvalue weighted by Gasteiger charge is -2.17. The van der Waals surface area contributed by atoms with Crippen LogP contribution in [0.5, 0.6) is 0 Å². The van der Waals surface area contributed by atoms with E-state index in [2.05, 4.69) is 23.7 Å². The summed E-state index contributed by atoms with van der Waals surface area (Å²) in [5.41, 5.74) is 1.47. The summed E-state index contributed by atoms with van der Waals surface area (Å²) < 4.78 is 0. The van der Waals surface area contributed by atoms with E-state index in [0.717, 1.165) is 17.9 Å². The molecule has 0 aromatic carbocycles. The minimum atomic E-state index is 0.861. The quantitative estimate of drug-likeness (QED) is 0.797. The number of thiophene rings is 1. The van der Waals surface area contributed by atoms with Crippen molar-refractivity contribution in [2.24, 2.45) is 11.8 Å². The van der Waals surface area contributed by atoms with Gasteiger partial charge in [-0.15, -0.1) is 11.3 Å². The van der Waals surface area contributed by atoms with Gasteiger partial charge in [0.05, 0.1) is 0 Å². The Labute approximate surface area is 102 Å². The highest BCUT2D eigenvalue weighted by Crippen LogP contribution is 2.44. The average Bonchev–Trinajstić information content (AvgIpc) is 3.15. The normalized spacial score (nSPS) is 20.6. The lowest BCUT2D eigenvalue weighted by atomic mass is 10.1. The summed E-state index contributed by atoms with van der Waals surface area (Å²) in [6.45, 7) is 3.41. The van der Waals surface area contributed by atoms with E-state index in [0.29, 0.717) is 0 Å². The highest BCUT2D eigenvalue weighted by molar-refractivity contribution is 7.10. The van der Waals surface area contributed by atoms with Gasteiger partial charge in [-0.1, -0.05) is 0 Å². The van der Waals surface area contributed by atoms with E-state index in [1.54, 1.807) is 4.88 Å². The molecule has 0 atom stereocenters. The fraction of sp³-hybridized carbons (Fsp3) is 0.714. The van der Waals surface area contributed by atoms with Gasteiger partial charge in [0.25, 0.3) is 0 Å². The van der Waals surface area contributed by atoms with Crippen LogP contribution in [-0.2, 0) is 6.42 Å². The maximum Gasteiger partial charge on any atom is 0.0124 e. The molecular formula is C14H21NS. The second kappa shape index (κ2) is 4.50. The van der Waals surface area contributed by atoms with E-state index in [-0.39, 0.29) is 0 Å². The van der Waals surface area contributed by atoms with Crippen LogP contribution in [0.4, 0.5) is 0 Å². The predicted molar refractivity (Wildman–Crippen MR) is 70.0 cm³/mol. The van der Waals surface area contributed by atoms with Gasteiger partial charge in [0.15, 0.2) is 0 Å². The smallest absolute Gasteiger partial charge is 0.0124 e.